The summed E-state index contributed by atoms with van der Waals surface area (Å²) in [6.07, 6.45) is 6.97. The topological polar surface area (TPSA) is 24.9 Å². The van der Waals surface area contributed by atoms with E-state index in [9.17, 15) is 4.39 Å². The molecule has 2 aliphatic carbocycles. The van der Waals surface area contributed by atoms with E-state index in [0.29, 0.717) is 11.2 Å². The van der Waals surface area contributed by atoms with Crippen LogP contribution in [0.2, 0.25) is 0 Å². The van der Waals surface area contributed by atoms with Gasteiger partial charge in [-0.15, -0.1) is 0 Å². The molecule has 2 nitrogen and oxygen atoms in total. The fourth-order valence-electron chi connectivity index (χ4n) is 2.36. The van der Waals surface area contributed by atoms with Crippen molar-refractivity contribution in [3.63, 3.8) is 0 Å². The van der Waals surface area contributed by atoms with Gasteiger partial charge < -0.3 is 5.32 Å². The third-order valence-corrected chi connectivity index (χ3v) is 3.70. The number of hydrogen-bond donors (Lipinski definition) is 1. The molecule has 1 N–H and O–H groups in total. The molecule has 0 unspecified atom stereocenters. The van der Waals surface area contributed by atoms with Crippen molar-refractivity contribution in [3.05, 3.63) is 24.1 Å². The van der Waals surface area contributed by atoms with Crippen LogP contribution in [0, 0.1) is 17.2 Å². The van der Waals surface area contributed by atoms with Gasteiger partial charge in [-0.05, 0) is 49.1 Å². The van der Waals surface area contributed by atoms with Crippen molar-refractivity contribution in [2.45, 2.75) is 25.7 Å². The zero-order valence-corrected chi connectivity index (χ0v) is 8.67. The Bertz CT molecular complexity index is 370. The van der Waals surface area contributed by atoms with Crippen molar-refractivity contribution < 1.29 is 4.39 Å². The van der Waals surface area contributed by atoms with Gasteiger partial charge in [-0.3, -0.25) is 0 Å². The van der Waals surface area contributed by atoms with Gasteiger partial charge in [-0.2, -0.15) is 0 Å². The van der Waals surface area contributed by atoms with Gasteiger partial charge in [0.05, 0.1) is 0 Å². The monoisotopic (exact) mass is 206 g/mol. The molecular formula is C12H15FN2. The van der Waals surface area contributed by atoms with E-state index < -0.39 is 0 Å². The number of nitrogens with zero attached hydrogens (tertiary/aromatic N) is 1. The highest BCUT2D eigenvalue weighted by Gasteiger charge is 2.53. The lowest BCUT2D eigenvalue weighted by molar-refractivity contribution is 0.464. The van der Waals surface area contributed by atoms with Crippen molar-refractivity contribution >= 4 is 5.82 Å². The Hall–Kier alpha value is -1.12. The van der Waals surface area contributed by atoms with E-state index in [1.807, 2.05) is 0 Å². The average molecular weight is 206 g/mol. The molecule has 0 saturated heterocycles. The molecule has 0 atom stereocenters. The van der Waals surface area contributed by atoms with Gasteiger partial charge in [-0.25, -0.2) is 9.37 Å². The number of halogens is 1. The molecule has 15 heavy (non-hydrogen) atoms. The minimum absolute atomic E-state index is 0.246. The summed E-state index contributed by atoms with van der Waals surface area (Å²) in [6.45, 7) is 0.894. The van der Waals surface area contributed by atoms with E-state index in [1.54, 1.807) is 12.3 Å². The summed E-state index contributed by atoms with van der Waals surface area (Å²) in [5.41, 5.74) is 0.490. The predicted molar refractivity (Wildman–Crippen MR) is 57.1 cm³/mol. The lowest BCUT2D eigenvalue weighted by atomic mass is 10.0. The molecule has 1 aromatic rings. The number of aromatic nitrogens is 1. The predicted octanol–water partition coefficient (Wildman–Crippen LogP) is 2.82. The van der Waals surface area contributed by atoms with Crippen LogP contribution in [0.1, 0.15) is 25.7 Å². The molecule has 3 heteroatoms. The molecular weight excluding hydrogens is 191 g/mol. The van der Waals surface area contributed by atoms with Crippen LogP contribution in [0.5, 0.6) is 0 Å². The number of pyridine rings is 1. The SMILES string of the molecule is Fc1cccnc1NCC1(C2CC2)CC1. The zero-order chi connectivity index (χ0) is 10.3. The van der Waals surface area contributed by atoms with E-state index in [0.717, 1.165) is 12.5 Å². The second kappa shape index (κ2) is 3.19. The van der Waals surface area contributed by atoms with Crippen LogP contribution in [-0.2, 0) is 0 Å². The van der Waals surface area contributed by atoms with E-state index in [4.69, 9.17) is 0 Å². The standard InChI is InChI=1S/C12H15FN2/c13-10-2-1-7-14-11(10)15-8-12(5-6-12)9-3-4-9/h1-2,7,9H,3-6,8H2,(H,14,15). The smallest absolute Gasteiger partial charge is 0.165 e. The van der Waals surface area contributed by atoms with Gasteiger partial charge in [0.25, 0.3) is 0 Å². The number of hydrogen-bond acceptors (Lipinski definition) is 2. The quantitative estimate of drug-likeness (QED) is 0.819. The largest absolute Gasteiger partial charge is 0.367 e. The first-order valence-corrected chi connectivity index (χ1v) is 5.65. The minimum atomic E-state index is -0.246. The van der Waals surface area contributed by atoms with Gasteiger partial charge in [0.2, 0.25) is 0 Å². The Balaban J connectivity index is 1.64. The van der Waals surface area contributed by atoms with Gasteiger partial charge in [0.15, 0.2) is 11.6 Å². The third kappa shape index (κ3) is 1.71. The van der Waals surface area contributed by atoms with Crippen molar-refractivity contribution in [2.24, 2.45) is 11.3 Å². The molecule has 3 rings (SSSR count). The van der Waals surface area contributed by atoms with Gasteiger partial charge >= 0.3 is 0 Å². The van der Waals surface area contributed by atoms with Crippen molar-refractivity contribution in [1.29, 1.82) is 0 Å². The maximum Gasteiger partial charge on any atom is 0.165 e. The maximum absolute atomic E-state index is 13.3. The summed E-state index contributed by atoms with van der Waals surface area (Å²) in [5.74, 6) is 1.06. The lowest BCUT2D eigenvalue weighted by Crippen LogP contribution is -2.18. The van der Waals surface area contributed by atoms with Crippen LogP contribution in [0.15, 0.2) is 18.3 Å². The lowest BCUT2D eigenvalue weighted by Gasteiger charge is -2.15. The summed E-state index contributed by atoms with van der Waals surface area (Å²) in [6, 6.07) is 3.07. The molecule has 0 radical (unpaired) electrons. The van der Waals surface area contributed by atoms with Crippen molar-refractivity contribution in [3.8, 4) is 0 Å². The van der Waals surface area contributed by atoms with Crippen LogP contribution in [0.4, 0.5) is 10.2 Å². The fraction of sp³-hybridized carbons (Fsp3) is 0.583. The summed E-state index contributed by atoms with van der Waals surface area (Å²) >= 11 is 0. The van der Waals surface area contributed by atoms with Crippen molar-refractivity contribution in [1.82, 2.24) is 4.98 Å². The molecule has 0 spiro atoms. The highest BCUT2D eigenvalue weighted by Crippen LogP contribution is 2.61. The first-order valence-electron chi connectivity index (χ1n) is 5.65. The minimum Gasteiger partial charge on any atom is -0.367 e. The van der Waals surface area contributed by atoms with Crippen LogP contribution >= 0.6 is 0 Å². The molecule has 2 saturated carbocycles. The number of anilines is 1. The second-order valence-electron chi connectivity index (χ2n) is 4.82. The Morgan fingerprint density at radius 2 is 2.27 bits per heavy atom. The second-order valence-corrected chi connectivity index (χ2v) is 4.82. The Morgan fingerprint density at radius 1 is 1.47 bits per heavy atom. The first-order chi connectivity index (χ1) is 7.30. The molecule has 2 fully saturated rings. The van der Waals surface area contributed by atoms with E-state index in [-0.39, 0.29) is 5.82 Å². The highest BCUT2D eigenvalue weighted by molar-refractivity contribution is 5.36. The first kappa shape index (κ1) is 9.13. The number of rotatable bonds is 4. The van der Waals surface area contributed by atoms with E-state index in [1.165, 1.54) is 31.7 Å². The Labute approximate surface area is 88.9 Å². The molecule has 0 aliphatic heterocycles. The summed E-state index contributed by atoms with van der Waals surface area (Å²) in [7, 11) is 0. The molecule has 0 aromatic carbocycles. The Kier molecular flexibility index (Phi) is 1.94. The van der Waals surface area contributed by atoms with E-state index >= 15 is 0 Å². The maximum atomic E-state index is 13.3. The summed E-state index contributed by atoms with van der Waals surface area (Å²) < 4.78 is 13.3. The van der Waals surface area contributed by atoms with Crippen LogP contribution < -0.4 is 5.32 Å². The average Bonchev–Trinajstić information content (AvgIpc) is 3.10. The van der Waals surface area contributed by atoms with Crippen molar-refractivity contribution in [2.75, 3.05) is 11.9 Å². The molecule has 1 heterocycles. The zero-order valence-electron chi connectivity index (χ0n) is 8.67. The fourth-order valence-corrected chi connectivity index (χ4v) is 2.36. The molecule has 0 amide bonds. The molecule has 1 aromatic heterocycles. The van der Waals surface area contributed by atoms with Crippen LogP contribution in [0.3, 0.4) is 0 Å². The highest BCUT2D eigenvalue weighted by atomic mass is 19.1. The summed E-state index contributed by atoms with van der Waals surface area (Å²) in [4.78, 5) is 4.00. The van der Waals surface area contributed by atoms with Crippen LogP contribution in [0.25, 0.3) is 0 Å². The number of nitrogens with one attached hydrogen (secondary N) is 1. The van der Waals surface area contributed by atoms with Crippen LogP contribution in [-0.4, -0.2) is 11.5 Å². The van der Waals surface area contributed by atoms with Gasteiger partial charge in [0, 0.05) is 12.7 Å². The summed E-state index contributed by atoms with van der Waals surface area (Å²) in [5, 5.41) is 3.15. The van der Waals surface area contributed by atoms with E-state index in [2.05, 4.69) is 10.3 Å². The third-order valence-electron chi connectivity index (χ3n) is 3.70. The molecule has 0 bridgehead atoms. The molecule has 2 aliphatic rings. The Morgan fingerprint density at radius 3 is 2.87 bits per heavy atom. The normalized spacial score (nSPS) is 22.5. The molecule has 80 valence electrons. The van der Waals surface area contributed by atoms with Gasteiger partial charge in [-0.1, -0.05) is 0 Å². The van der Waals surface area contributed by atoms with Gasteiger partial charge in [0.1, 0.15) is 0 Å².